The summed E-state index contributed by atoms with van der Waals surface area (Å²) in [7, 11) is 0. The van der Waals surface area contributed by atoms with Gasteiger partial charge in [-0.05, 0) is 43.9 Å². The first-order valence-electron chi connectivity index (χ1n) is 10.3. The van der Waals surface area contributed by atoms with Crippen LogP contribution in [0.4, 0.5) is 0 Å². The lowest BCUT2D eigenvalue weighted by Crippen LogP contribution is -2.36. The van der Waals surface area contributed by atoms with E-state index in [0.717, 1.165) is 0 Å². The maximum atomic E-state index is 12.1. The number of carbonyl (C=O) groups excluding carboxylic acids is 4. The molecule has 172 valence electrons. The van der Waals surface area contributed by atoms with E-state index in [1.165, 1.54) is 19.1 Å². The molecule has 0 amide bonds. The topological polar surface area (TPSA) is 131 Å². The molecule has 2 N–H and O–H groups in total. The first-order valence-corrected chi connectivity index (χ1v) is 10.3. The largest absolute Gasteiger partial charge is 0.461 e. The van der Waals surface area contributed by atoms with E-state index in [4.69, 9.17) is 24.7 Å². The standard InChI is InChI=1S/C22H31NO8/c1-5-7-20(25)30-18-10-9-16(12-19(18)31-21(26)8-6-2)11-17(23)22(27)28-13-14(3)29-15(4)24/h9-10,12,14,17H,5-8,11,13,23H2,1-4H3/t14-,17-/m0/s1. The minimum atomic E-state index is -0.989. The summed E-state index contributed by atoms with van der Waals surface area (Å²) in [5.41, 5.74) is 6.51. The van der Waals surface area contributed by atoms with Crippen LogP contribution in [-0.4, -0.2) is 42.6 Å². The van der Waals surface area contributed by atoms with Crippen LogP contribution in [0.2, 0.25) is 0 Å². The van der Waals surface area contributed by atoms with E-state index in [1.54, 1.807) is 13.0 Å². The Hall–Kier alpha value is -2.94. The molecule has 31 heavy (non-hydrogen) atoms. The zero-order chi connectivity index (χ0) is 23.4. The van der Waals surface area contributed by atoms with Crippen LogP contribution in [0.1, 0.15) is 58.9 Å². The summed E-state index contributed by atoms with van der Waals surface area (Å²) in [4.78, 5) is 46.8. The predicted octanol–water partition coefficient (Wildman–Crippen LogP) is 2.46. The van der Waals surface area contributed by atoms with Crippen LogP contribution >= 0.6 is 0 Å². The Bertz CT molecular complexity index is 777. The zero-order valence-electron chi connectivity index (χ0n) is 18.5. The van der Waals surface area contributed by atoms with Gasteiger partial charge in [-0.15, -0.1) is 0 Å². The normalized spacial score (nSPS) is 12.4. The molecule has 1 aromatic rings. The molecule has 2 atom stereocenters. The lowest BCUT2D eigenvalue weighted by molar-refractivity contribution is -0.157. The van der Waals surface area contributed by atoms with Crippen LogP contribution in [0.25, 0.3) is 0 Å². The van der Waals surface area contributed by atoms with Gasteiger partial charge in [-0.1, -0.05) is 19.9 Å². The highest BCUT2D eigenvalue weighted by Crippen LogP contribution is 2.30. The number of esters is 4. The van der Waals surface area contributed by atoms with Gasteiger partial charge < -0.3 is 24.7 Å². The number of nitrogens with two attached hydrogens (primary N) is 1. The highest BCUT2D eigenvalue weighted by Gasteiger charge is 2.20. The van der Waals surface area contributed by atoms with Crippen LogP contribution in [-0.2, 0) is 35.1 Å². The Morgan fingerprint density at radius 2 is 1.55 bits per heavy atom. The first kappa shape index (κ1) is 26.1. The van der Waals surface area contributed by atoms with Gasteiger partial charge >= 0.3 is 23.9 Å². The Morgan fingerprint density at radius 1 is 0.968 bits per heavy atom. The number of rotatable bonds is 12. The fourth-order valence-corrected chi connectivity index (χ4v) is 2.56. The second kappa shape index (κ2) is 13.4. The van der Waals surface area contributed by atoms with E-state index in [0.29, 0.717) is 18.4 Å². The number of benzene rings is 1. The Balaban J connectivity index is 2.86. The van der Waals surface area contributed by atoms with Crippen molar-refractivity contribution in [2.75, 3.05) is 6.61 Å². The lowest BCUT2D eigenvalue weighted by Gasteiger charge is -2.16. The molecule has 9 nitrogen and oxygen atoms in total. The second-order valence-corrected chi connectivity index (χ2v) is 7.09. The van der Waals surface area contributed by atoms with Gasteiger partial charge in [0.2, 0.25) is 0 Å². The molecule has 0 saturated heterocycles. The molecular weight excluding hydrogens is 406 g/mol. The highest BCUT2D eigenvalue weighted by molar-refractivity contribution is 5.77. The highest BCUT2D eigenvalue weighted by atomic mass is 16.6. The maximum Gasteiger partial charge on any atom is 0.323 e. The predicted molar refractivity (Wildman–Crippen MR) is 111 cm³/mol. The molecule has 0 aromatic heterocycles. The van der Waals surface area contributed by atoms with Crippen molar-refractivity contribution in [2.24, 2.45) is 5.73 Å². The van der Waals surface area contributed by atoms with Gasteiger partial charge in [-0.2, -0.15) is 0 Å². The molecule has 0 fully saturated rings. The van der Waals surface area contributed by atoms with Crippen LogP contribution < -0.4 is 15.2 Å². The smallest absolute Gasteiger partial charge is 0.323 e. The summed E-state index contributed by atoms with van der Waals surface area (Å²) in [5, 5.41) is 0. The summed E-state index contributed by atoms with van der Waals surface area (Å²) in [6, 6.07) is 3.65. The summed E-state index contributed by atoms with van der Waals surface area (Å²) in [5.74, 6) is -1.83. The molecule has 0 spiro atoms. The van der Waals surface area contributed by atoms with Gasteiger partial charge in [0, 0.05) is 19.8 Å². The first-order chi connectivity index (χ1) is 14.7. The molecule has 0 aliphatic rings. The minimum absolute atomic E-state index is 0.0875. The molecule has 9 heteroatoms. The van der Waals surface area contributed by atoms with Crippen molar-refractivity contribution in [1.82, 2.24) is 0 Å². The van der Waals surface area contributed by atoms with Crippen molar-refractivity contribution in [3.63, 3.8) is 0 Å². The summed E-state index contributed by atoms with van der Waals surface area (Å²) in [6.45, 7) is 6.43. The van der Waals surface area contributed by atoms with E-state index in [1.807, 2.05) is 13.8 Å². The van der Waals surface area contributed by atoms with E-state index < -0.39 is 36.0 Å². The summed E-state index contributed by atoms with van der Waals surface area (Å²) in [6.07, 6.45) is 1.17. The molecular formula is C22H31NO8. The van der Waals surface area contributed by atoms with Crippen LogP contribution in [0.3, 0.4) is 0 Å². The van der Waals surface area contributed by atoms with Gasteiger partial charge in [0.15, 0.2) is 11.5 Å². The fourth-order valence-electron chi connectivity index (χ4n) is 2.56. The third-order valence-electron chi connectivity index (χ3n) is 3.95. The average molecular weight is 437 g/mol. The SMILES string of the molecule is CCCC(=O)Oc1ccc(C[C@H](N)C(=O)OC[C@H](C)OC(C)=O)cc1OC(=O)CCC. The van der Waals surface area contributed by atoms with Gasteiger partial charge in [0.1, 0.15) is 18.8 Å². The van der Waals surface area contributed by atoms with Gasteiger partial charge in [-0.25, -0.2) is 0 Å². The third kappa shape index (κ3) is 10.1. The molecule has 1 rings (SSSR count). The van der Waals surface area contributed by atoms with Crippen LogP contribution in [0, 0.1) is 0 Å². The van der Waals surface area contributed by atoms with Crippen molar-refractivity contribution in [2.45, 2.75) is 71.9 Å². The molecule has 0 aliphatic heterocycles. The van der Waals surface area contributed by atoms with Gasteiger partial charge in [-0.3, -0.25) is 19.2 Å². The molecule has 0 aliphatic carbocycles. The maximum absolute atomic E-state index is 12.1. The molecule has 1 aromatic carbocycles. The quantitative estimate of drug-likeness (QED) is 0.387. The van der Waals surface area contributed by atoms with Crippen molar-refractivity contribution in [3.05, 3.63) is 23.8 Å². The van der Waals surface area contributed by atoms with Crippen molar-refractivity contribution in [3.8, 4) is 11.5 Å². The fraction of sp³-hybridized carbons (Fsp3) is 0.545. The molecule has 0 radical (unpaired) electrons. The molecule has 0 bridgehead atoms. The summed E-state index contributed by atoms with van der Waals surface area (Å²) < 4.78 is 20.6. The number of ether oxygens (including phenoxy) is 4. The third-order valence-corrected chi connectivity index (χ3v) is 3.95. The van der Waals surface area contributed by atoms with E-state index in [2.05, 4.69) is 0 Å². The number of carbonyl (C=O) groups is 4. The van der Waals surface area contributed by atoms with E-state index in [9.17, 15) is 19.2 Å². The molecule has 0 saturated carbocycles. The van der Waals surface area contributed by atoms with Crippen molar-refractivity contribution >= 4 is 23.9 Å². The van der Waals surface area contributed by atoms with E-state index >= 15 is 0 Å². The Morgan fingerprint density at radius 3 is 2.10 bits per heavy atom. The summed E-state index contributed by atoms with van der Waals surface area (Å²) >= 11 is 0. The van der Waals surface area contributed by atoms with Crippen LogP contribution in [0.5, 0.6) is 11.5 Å². The van der Waals surface area contributed by atoms with E-state index in [-0.39, 0.29) is 37.4 Å². The zero-order valence-corrected chi connectivity index (χ0v) is 18.5. The molecule has 0 unspecified atom stereocenters. The Labute approximate surface area is 182 Å². The van der Waals surface area contributed by atoms with Crippen LogP contribution in [0.15, 0.2) is 18.2 Å². The monoisotopic (exact) mass is 437 g/mol. The minimum Gasteiger partial charge on any atom is -0.461 e. The Kier molecular flexibility index (Phi) is 11.3. The van der Waals surface area contributed by atoms with Gasteiger partial charge in [0.05, 0.1) is 0 Å². The van der Waals surface area contributed by atoms with Crippen molar-refractivity contribution < 1.29 is 38.1 Å². The lowest BCUT2D eigenvalue weighted by atomic mass is 10.1. The average Bonchev–Trinajstić information content (AvgIpc) is 2.67. The van der Waals surface area contributed by atoms with Crippen molar-refractivity contribution in [1.29, 1.82) is 0 Å². The van der Waals surface area contributed by atoms with Gasteiger partial charge in [0.25, 0.3) is 0 Å². The number of hydrogen-bond donors (Lipinski definition) is 1. The second-order valence-electron chi connectivity index (χ2n) is 7.09. The molecule has 0 heterocycles. The number of hydrogen-bond acceptors (Lipinski definition) is 9.